The Balaban J connectivity index is 1.32. The van der Waals surface area contributed by atoms with Gasteiger partial charge in [-0.25, -0.2) is 0 Å². The lowest BCUT2D eigenvalue weighted by molar-refractivity contribution is -0.157. The van der Waals surface area contributed by atoms with Crippen LogP contribution in [0.3, 0.4) is 0 Å². The van der Waals surface area contributed by atoms with E-state index in [1.165, 1.54) is 79.9 Å². The van der Waals surface area contributed by atoms with Crippen LogP contribution in [0.25, 0.3) is 0 Å². The van der Waals surface area contributed by atoms with Gasteiger partial charge in [-0.15, -0.1) is 0 Å². The van der Waals surface area contributed by atoms with Crippen LogP contribution in [-0.4, -0.2) is 257 Å². The lowest BCUT2D eigenvalue weighted by Crippen LogP contribution is -2.64. The lowest BCUT2D eigenvalue weighted by Gasteiger charge is -2.43. The Bertz CT molecular complexity index is 3400. The predicted molar refractivity (Wildman–Crippen MR) is 393 cm³/mol. The molecule has 1 spiro atoms. The van der Waals surface area contributed by atoms with Crippen molar-refractivity contribution >= 4 is 82.5 Å². The van der Waals surface area contributed by atoms with Crippen molar-refractivity contribution in [3.8, 4) is 0 Å². The smallest absolute Gasteiger partial charge is 0.343 e. The minimum absolute atomic E-state index is 0.000638. The number of hydrogen-bond donors (Lipinski definition) is 3. The molecule has 3 heterocycles. The standard InChI is InChI=1S/C77H115ClF3N13O12/c1-12-51(4)67-73(104)88(7)48-65(98)86(5)49-66(99)90(9)60(43-52-25-16-13-17-26-52)71(102)87(6)46-62(95)83-58(33-31-53-30-32-56(57(78)42-53)77(79,80)81)70(101)94(40-34-54-27-24-37-82-45-54)47-63(96)85-76(35-20-21-36-76)75(106)92(11)68(55-28-18-14-19-29-55)74(105)91(10)61(72(103)93-38-22-15-23-39-93)44-64(97)89(8)59(41-50(2)3)69(100)84-67/h24,27,30,32,37,42,45,50-52,55,58-61,67-68H,12-23,25-26,28-29,31,33-36,38-41,43-44,46-49H2,1-11H3,(H,83,95)(H,84,100)(H,85,96)/t51-,58-,59-,60-,61-,67-,68-/m0/s1. The molecule has 7 atom stereocenters. The first kappa shape index (κ1) is 85.3. The number of benzene rings is 1. The van der Waals surface area contributed by atoms with E-state index in [4.69, 9.17) is 11.6 Å². The molecule has 2 aromatic rings. The number of pyridine rings is 1. The number of likely N-dealkylation sites (N-methyl/N-ethyl adjacent to an activating group) is 7. The molecule has 2 saturated heterocycles. The third-order valence-electron chi connectivity index (χ3n) is 22.6. The number of carbonyl (C=O) groups excluding carboxylic acids is 12. The van der Waals surface area contributed by atoms with E-state index in [0.29, 0.717) is 63.6 Å². The second kappa shape index (κ2) is 39.3. The average Bonchev–Trinajstić information content (AvgIpc) is 1.21. The minimum Gasteiger partial charge on any atom is -0.343 e. The zero-order chi connectivity index (χ0) is 77.9. The molecule has 7 rings (SSSR count). The summed E-state index contributed by atoms with van der Waals surface area (Å²) < 4.78 is 42.0. The minimum atomic E-state index is -4.78. The maximum Gasteiger partial charge on any atom is 0.417 e. The SMILES string of the molecule is CC[C@H](C)[C@@H]1NC(=O)[C@H](CC(C)C)N(C)C(=O)C[C@@H](C(=O)N2CCCCC2)N(C)C(=O)[C@H](C2CCCCC2)N(C)C(=O)C2(CCCC2)NC(=O)CN(CCc2cccnc2)C(=O)[C@H](CCc2ccc(C(F)(F)F)c(Cl)c2)NC(=O)CN(C)C(=O)[C@H](CC2CCCCC2)N(C)C(=O)CN(C)C(=O)CN(C)C1=O. The molecule has 1 aromatic carbocycles. The van der Waals surface area contributed by atoms with Crippen LogP contribution in [0.15, 0.2) is 42.7 Å². The van der Waals surface area contributed by atoms with Crippen molar-refractivity contribution in [2.24, 2.45) is 23.7 Å². The second-order valence-corrected chi connectivity index (χ2v) is 31.3. The van der Waals surface area contributed by atoms with E-state index in [0.717, 1.165) is 84.6 Å². The fourth-order valence-electron chi connectivity index (χ4n) is 15.8. The molecule has 3 saturated carbocycles. The van der Waals surface area contributed by atoms with Gasteiger partial charge < -0.3 is 60.0 Å². The maximum atomic E-state index is 15.9. The topological polar surface area (TPSA) is 283 Å². The normalized spacial score (nSPS) is 24.8. The van der Waals surface area contributed by atoms with Gasteiger partial charge in [0.05, 0.1) is 43.2 Å². The molecule has 12 amide bonds. The predicted octanol–water partition coefficient (Wildman–Crippen LogP) is 6.90. The molecule has 5 fully saturated rings. The van der Waals surface area contributed by atoms with Crippen LogP contribution in [0.5, 0.6) is 0 Å². The number of aryl methyl sites for hydroxylation is 1. The number of nitrogens with zero attached hydrogens (tertiary/aromatic N) is 10. The number of amides is 12. The fourth-order valence-corrected chi connectivity index (χ4v) is 16.1. The van der Waals surface area contributed by atoms with Crippen molar-refractivity contribution in [3.05, 3.63) is 64.4 Å². The van der Waals surface area contributed by atoms with Crippen molar-refractivity contribution < 1.29 is 70.7 Å². The third-order valence-corrected chi connectivity index (χ3v) is 22.9. The molecule has 1 aromatic heterocycles. The Labute approximate surface area is 628 Å². The summed E-state index contributed by atoms with van der Waals surface area (Å²) in [6, 6.07) is -1.09. The average molecular weight is 1510 g/mol. The van der Waals surface area contributed by atoms with Gasteiger partial charge in [0.2, 0.25) is 70.9 Å². The zero-order valence-electron chi connectivity index (χ0n) is 64.1. The Morgan fingerprint density at radius 1 is 0.632 bits per heavy atom. The van der Waals surface area contributed by atoms with Crippen LogP contribution in [0.2, 0.25) is 5.02 Å². The molecule has 106 heavy (non-hydrogen) atoms. The first-order valence-corrected chi connectivity index (χ1v) is 38.6. The van der Waals surface area contributed by atoms with Crippen LogP contribution in [0.4, 0.5) is 13.2 Å². The number of likely N-dealkylation sites (tertiary alicyclic amines) is 1. The fraction of sp³-hybridized carbons (Fsp3) is 0.701. The van der Waals surface area contributed by atoms with Gasteiger partial charge in [-0.3, -0.25) is 62.5 Å². The summed E-state index contributed by atoms with van der Waals surface area (Å²) in [5, 5.41) is 8.13. The van der Waals surface area contributed by atoms with E-state index >= 15 is 28.8 Å². The van der Waals surface area contributed by atoms with Gasteiger partial charge in [0.15, 0.2) is 0 Å². The quantitative estimate of drug-likeness (QED) is 0.174. The van der Waals surface area contributed by atoms with Crippen LogP contribution < -0.4 is 16.0 Å². The van der Waals surface area contributed by atoms with Crippen molar-refractivity contribution in [3.63, 3.8) is 0 Å². The summed E-state index contributed by atoms with van der Waals surface area (Å²) in [5.41, 5.74) is -1.77. The molecular formula is C77H115ClF3N13O12. The molecule has 25 nitrogen and oxygen atoms in total. The monoisotopic (exact) mass is 1510 g/mol. The number of carbonyl (C=O) groups is 12. The Morgan fingerprint density at radius 3 is 1.85 bits per heavy atom. The first-order chi connectivity index (χ1) is 50.2. The summed E-state index contributed by atoms with van der Waals surface area (Å²) >= 11 is 6.21. The van der Waals surface area contributed by atoms with Gasteiger partial charge in [-0.1, -0.05) is 122 Å². The van der Waals surface area contributed by atoms with Crippen LogP contribution >= 0.6 is 11.6 Å². The van der Waals surface area contributed by atoms with Crippen molar-refractivity contribution in [2.45, 2.75) is 230 Å². The number of piperidine rings is 1. The summed E-state index contributed by atoms with van der Waals surface area (Å²) in [4.78, 5) is 196. The summed E-state index contributed by atoms with van der Waals surface area (Å²) in [5.74, 6) is -9.10. The molecule has 3 N–H and O–H groups in total. The van der Waals surface area contributed by atoms with E-state index in [1.807, 2.05) is 20.8 Å². The van der Waals surface area contributed by atoms with Crippen LogP contribution in [0, 0.1) is 23.7 Å². The highest BCUT2D eigenvalue weighted by molar-refractivity contribution is 6.31. The van der Waals surface area contributed by atoms with E-state index in [2.05, 4.69) is 20.9 Å². The van der Waals surface area contributed by atoms with Gasteiger partial charge in [0.25, 0.3) is 0 Å². The van der Waals surface area contributed by atoms with E-state index in [-0.39, 0.29) is 68.9 Å². The Kier molecular flexibility index (Phi) is 31.6. The number of halogens is 4. The number of rotatable bonds is 14. The highest BCUT2D eigenvalue weighted by Gasteiger charge is 2.50. The van der Waals surface area contributed by atoms with Crippen LogP contribution in [0.1, 0.15) is 186 Å². The van der Waals surface area contributed by atoms with E-state index < -0.39 is 174 Å². The molecule has 3 aliphatic carbocycles. The Morgan fingerprint density at radius 2 is 1.25 bits per heavy atom. The van der Waals surface area contributed by atoms with E-state index in [1.54, 1.807) is 36.4 Å². The van der Waals surface area contributed by atoms with Gasteiger partial charge in [-0.2, -0.15) is 13.2 Å². The largest absolute Gasteiger partial charge is 0.417 e. The lowest BCUT2D eigenvalue weighted by atomic mass is 9.81. The van der Waals surface area contributed by atoms with Crippen molar-refractivity contribution in [1.82, 2.24) is 65.0 Å². The molecule has 0 bridgehead atoms. The highest BCUT2D eigenvalue weighted by atomic mass is 35.5. The van der Waals surface area contributed by atoms with Gasteiger partial charge >= 0.3 is 6.18 Å². The number of alkyl halides is 3. The van der Waals surface area contributed by atoms with Crippen molar-refractivity contribution in [1.29, 1.82) is 0 Å². The molecular weight excluding hydrogens is 1390 g/mol. The maximum absolute atomic E-state index is 15.9. The molecule has 0 radical (unpaired) electrons. The van der Waals surface area contributed by atoms with Gasteiger partial charge in [-0.05, 0) is 130 Å². The molecule has 2 aliphatic heterocycles. The number of aromatic nitrogens is 1. The van der Waals surface area contributed by atoms with Gasteiger partial charge in [0.1, 0.15) is 41.8 Å². The highest BCUT2D eigenvalue weighted by Crippen LogP contribution is 2.38. The number of nitrogens with one attached hydrogen (secondary N) is 3. The third kappa shape index (κ3) is 22.8. The van der Waals surface area contributed by atoms with E-state index in [9.17, 15) is 41.9 Å². The summed E-state index contributed by atoms with van der Waals surface area (Å²) in [7, 11) is 9.98. The number of hydrogen-bond acceptors (Lipinski definition) is 13. The molecule has 0 unspecified atom stereocenters. The molecule has 5 aliphatic rings. The Hall–Kier alpha value is -7.91. The summed E-state index contributed by atoms with van der Waals surface area (Å²) in [6.45, 7) is 5.50. The summed E-state index contributed by atoms with van der Waals surface area (Å²) in [6.07, 6.45) is 9.43. The zero-order valence-corrected chi connectivity index (χ0v) is 64.9. The molecule has 29 heteroatoms. The van der Waals surface area contributed by atoms with Crippen molar-refractivity contribution in [2.75, 3.05) is 95.1 Å². The first-order valence-electron chi connectivity index (χ1n) is 38.2. The second-order valence-electron chi connectivity index (χ2n) is 30.9. The van der Waals surface area contributed by atoms with Crippen LogP contribution in [-0.2, 0) is 76.6 Å². The molecule has 588 valence electrons. The van der Waals surface area contributed by atoms with Gasteiger partial charge in [0, 0.05) is 81.4 Å².